The van der Waals surface area contributed by atoms with Crippen molar-refractivity contribution in [3.05, 3.63) is 82.4 Å². The second-order valence-corrected chi connectivity index (χ2v) is 21.5. The van der Waals surface area contributed by atoms with Gasteiger partial charge in [0.2, 0.25) is 0 Å². The first kappa shape index (κ1) is 33.4. The van der Waals surface area contributed by atoms with Crippen LogP contribution in [-0.4, -0.2) is 16.8 Å². The van der Waals surface area contributed by atoms with Crippen molar-refractivity contribution in [1.82, 2.24) is 4.57 Å². The maximum Gasteiger partial charge on any atom is 0.252 e. The lowest BCUT2D eigenvalue weighted by molar-refractivity contribution is 0.195. The summed E-state index contributed by atoms with van der Waals surface area (Å²) < 4.78 is 2.70. The molecule has 0 saturated heterocycles. The van der Waals surface area contributed by atoms with E-state index in [1.807, 2.05) is 0 Å². The van der Waals surface area contributed by atoms with Gasteiger partial charge in [-0.3, -0.25) is 0 Å². The van der Waals surface area contributed by atoms with Gasteiger partial charge >= 0.3 is 0 Å². The van der Waals surface area contributed by atoms with Crippen molar-refractivity contribution in [1.29, 1.82) is 0 Å². The van der Waals surface area contributed by atoms with Crippen molar-refractivity contribution < 1.29 is 0 Å². The zero-order valence-corrected chi connectivity index (χ0v) is 34.0. The number of hydrogen-bond donors (Lipinski definition) is 0. The Morgan fingerprint density at radius 2 is 1.12 bits per heavy atom. The van der Waals surface area contributed by atoms with Crippen molar-refractivity contribution in [3.8, 4) is 5.69 Å². The van der Waals surface area contributed by atoms with Crippen LogP contribution in [0.5, 0.6) is 0 Å². The molecule has 51 heavy (non-hydrogen) atoms. The molecule has 4 aliphatic rings. The summed E-state index contributed by atoms with van der Waals surface area (Å²) in [6, 6.07) is 23.0. The second-order valence-electron chi connectivity index (χ2n) is 21.5. The van der Waals surface area contributed by atoms with Crippen molar-refractivity contribution in [3.63, 3.8) is 0 Å². The average molecular weight is 675 g/mol. The Hall–Kier alpha value is -3.46. The topological polar surface area (TPSA) is 8.17 Å². The number of rotatable bonds is 0. The summed E-state index contributed by atoms with van der Waals surface area (Å²) in [4.78, 5) is 2.91. The largest absolute Gasteiger partial charge is 0.335 e. The standard InChI is InChI=1S/C48H59BN2/c1-43(2,3)28-17-18-37-32(21-28)33-22-29(44(4,5)6)24-35-41(33)50(37)38-26-31(46(10,11)12)27-39-40(38)49(35)36-25-30(45(7,8)9)23-34-42(36)51(39)48(14)20-16-15-19-47(34,48)13/h17-18,21-27H,15-16,19-20H2,1-14H3. The van der Waals surface area contributed by atoms with Gasteiger partial charge in [0.25, 0.3) is 6.71 Å². The van der Waals surface area contributed by atoms with Crippen LogP contribution in [0.15, 0.2) is 54.6 Å². The van der Waals surface area contributed by atoms with Crippen LogP contribution in [0.2, 0.25) is 0 Å². The summed E-state index contributed by atoms with van der Waals surface area (Å²) in [6.07, 6.45) is 5.06. The minimum Gasteiger partial charge on any atom is -0.335 e. The van der Waals surface area contributed by atoms with E-state index >= 15 is 0 Å². The molecule has 0 radical (unpaired) electrons. The molecule has 0 N–H and O–H groups in total. The Kier molecular flexibility index (Phi) is 6.38. The highest BCUT2D eigenvalue weighted by molar-refractivity contribution is 7.00. The van der Waals surface area contributed by atoms with E-state index < -0.39 is 0 Å². The Labute approximate surface area is 308 Å². The first-order chi connectivity index (χ1) is 23.6. The van der Waals surface area contributed by atoms with Gasteiger partial charge in [0, 0.05) is 38.8 Å². The molecule has 2 atom stereocenters. The van der Waals surface area contributed by atoms with Crippen LogP contribution in [0.4, 0.5) is 11.4 Å². The number of anilines is 2. The summed E-state index contributed by atoms with van der Waals surface area (Å²) in [7, 11) is 0. The molecule has 9 rings (SSSR count). The van der Waals surface area contributed by atoms with Gasteiger partial charge in [-0.15, -0.1) is 0 Å². The van der Waals surface area contributed by atoms with E-state index in [0.717, 1.165) is 0 Å². The summed E-state index contributed by atoms with van der Waals surface area (Å²) in [6.45, 7) is 34.1. The Morgan fingerprint density at radius 1 is 0.569 bits per heavy atom. The van der Waals surface area contributed by atoms with Gasteiger partial charge in [0.1, 0.15) is 0 Å². The van der Waals surface area contributed by atoms with Crippen LogP contribution in [0.1, 0.15) is 150 Å². The quantitative estimate of drug-likeness (QED) is 0.146. The molecule has 1 saturated carbocycles. The highest BCUT2D eigenvalue weighted by Gasteiger charge is 2.61. The molecule has 2 unspecified atom stereocenters. The third-order valence-electron chi connectivity index (χ3n) is 14.1. The molecule has 1 fully saturated rings. The SMILES string of the molecule is CC(C)(C)c1cc2c3c(c1)-n1c4ccc(C(C)(C)C)cc4c4cc(C(C)(C)C)cc(c41)B3c1cc(C(C)(C)C)cc3c1N2C1(C)CCCCC31C. The molecule has 5 aromatic rings. The first-order valence-electron chi connectivity index (χ1n) is 19.9. The summed E-state index contributed by atoms with van der Waals surface area (Å²) in [5.41, 5.74) is 19.2. The third-order valence-corrected chi connectivity index (χ3v) is 14.1. The predicted octanol–water partition coefficient (Wildman–Crippen LogP) is 10.9. The van der Waals surface area contributed by atoms with E-state index in [9.17, 15) is 0 Å². The molecule has 4 aromatic carbocycles. The molecule has 3 aliphatic heterocycles. The maximum absolute atomic E-state index is 2.91. The lowest BCUT2D eigenvalue weighted by Gasteiger charge is -2.52. The van der Waals surface area contributed by atoms with Crippen LogP contribution in [0.3, 0.4) is 0 Å². The molecule has 0 spiro atoms. The highest BCUT2D eigenvalue weighted by atomic mass is 15.3. The fourth-order valence-corrected chi connectivity index (χ4v) is 10.6. The van der Waals surface area contributed by atoms with Crippen LogP contribution in [-0.2, 0) is 27.1 Å². The van der Waals surface area contributed by atoms with Gasteiger partial charge in [-0.2, -0.15) is 0 Å². The van der Waals surface area contributed by atoms with Crippen molar-refractivity contribution in [2.24, 2.45) is 0 Å². The molecule has 4 heterocycles. The Bertz CT molecular complexity index is 2340. The minimum absolute atomic E-state index is 0.00850. The smallest absolute Gasteiger partial charge is 0.252 e. The summed E-state index contributed by atoms with van der Waals surface area (Å²) >= 11 is 0. The molecule has 3 heteroatoms. The van der Waals surface area contributed by atoms with Crippen molar-refractivity contribution in [2.75, 3.05) is 4.90 Å². The number of fused-ring (bicyclic) bond motifs is 10. The average Bonchev–Trinajstić information content (AvgIpc) is 3.46. The Balaban J connectivity index is 1.52. The van der Waals surface area contributed by atoms with E-state index in [1.54, 1.807) is 5.56 Å². The zero-order chi connectivity index (χ0) is 36.6. The van der Waals surface area contributed by atoms with Crippen LogP contribution < -0.4 is 21.3 Å². The summed E-state index contributed by atoms with van der Waals surface area (Å²) in [5, 5.41) is 2.80. The molecule has 1 aromatic heterocycles. The van der Waals surface area contributed by atoms with E-state index in [0.29, 0.717) is 0 Å². The minimum atomic E-state index is 0.00850. The van der Waals surface area contributed by atoms with Gasteiger partial charge in [-0.25, -0.2) is 0 Å². The molecule has 0 bridgehead atoms. The lowest BCUT2D eigenvalue weighted by Crippen LogP contribution is -2.64. The molecular formula is C48H59BN2. The van der Waals surface area contributed by atoms with Crippen molar-refractivity contribution >= 4 is 56.3 Å². The van der Waals surface area contributed by atoms with Gasteiger partial charge in [0.05, 0.1) is 11.1 Å². The fraction of sp³-hybridized carbons (Fsp3) is 0.500. The second kappa shape index (κ2) is 9.74. The normalized spacial score (nSPS) is 22.5. The van der Waals surface area contributed by atoms with Crippen molar-refractivity contribution in [2.45, 2.75) is 155 Å². The van der Waals surface area contributed by atoms with E-state index in [4.69, 9.17) is 0 Å². The summed E-state index contributed by atoms with van der Waals surface area (Å²) in [5.74, 6) is 0. The number of hydrogen-bond acceptors (Lipinski definition) is 1. The number of nitrogens with zero attached hydrogens (tertiary/aromatic N) is 2. The van der Waals surface area contributed by atoms with Crippen LogP contribution >= 0.6 is 0 Å². The van der Waals surface area contributed by atoms with Gasteiger partial charge in [-0.05, 0) is 116 Å². The molecule has 264 valence electrons. The van der Waals surface area contributed by atoms with E-state index in [1.165, 1.54) is 103 Å². The van der Waals surface area contributed by atoms with E-state index in [-0.39, 0.29) is 39.3 Å². The van der Waals surface area contributed by atoms with Gasteiger partial charge in [-0.1, -0.05) is 127 Å². The molecule has 0 amide bonds. The third kappa shape index (κ3) is 4.24. The predicted molar refractivity (Wildman–Crippen MR) is 223 cm³/mol. The molecular weight excluding hydrogens is 615 g/mol. The van der Waals surface area contributed by atoms with Crippen LogP contribution in [0, 0.1) is 0 Å². The maximum atomic E-state index is 2.91. The lowest BCUT2D eigenvalue weighted by atomic mass is 9.33. The van der Waals surface area contributed by atoms with Crippen LogP contribution in [0.25, 0.3) is 27.5 Å². The number of aromatic nitrogens is 1. The fourth-order valence-electron chi connectivity index (χ4n) is 10.6. The Morgan fingerprint density at radius 3 is 1.76 bits per heavy atom. The first-order valence-corrected chi connectivity index (χ1v) is 19.9. The highest BCUT2D eigenvalue weighted by Crippen LogP contribution is 2.62. The zero-order valence-electron chi connectivity index (χ0n) is 34.0. The molecule has 1 aliphatic carbocycles. The monoisotopic (exact) mass is 674 g/mol. The van der Waals surface area contributed by atoms with E-state index in [2.05, 4.69) is 161 Å². The van der Waals surface area contributed by atoms with Gasteiger partial charge in [0.15, 0.2) is 0 Å². The van der Waals surface area contributed by atoms with Gasteiger partial charge < -0.3 is 9.47 Å². The molecule has 2 nitrogen and oxygen atoms in total. The number of benzene rings is 4.